The molecule has 0 atom stereocenters. The summed E-state index contributed by atoms with van der Waals surface area (Å²) >= 11 is 5.94. The molecule has 1 heterocycles. The fourth-order valence-corrected chi connectivity index (χ4v) is 1.75. The van der Waals surface area contributed by atoms with Gasteiger partial charge in [-0.2, -0.15) is 5.10 Å². The highest BCUT2D eigenvalue weighted by Crippen LogP contribution is 2.16. The number of carbonyl (C=O) groups excluding carboxylic acids is 1. The molecule has 2 aromatic rings. The topological polar surface area (TPSA) is 34.9 Å². The van der Waals surface area contributed by atoms with Crippen LogP contribution in [0.25, 0.3) is 0 Å². The lowest BCUT2D eigenvalue weighted by molar-refractivity contribution is 0.0992. The Hall–Kier alpha value is -1.61. The van der Waals surface area contributed by atoms with Crippen molar-refractivity contribution in [3.63, 3.8) is 0 Å². The zero-order valence-electron chi connectivity index (χ0n) is 8.85. The van der Waals surface area contributed by atoms with Crippen LogP contribution in [0.1, 0.15) is 16.1 Å². The van der Waals surface area contributed by atoms with E-state index in [4.69, 9.17) is 11.6 Å². The average molecular weight is 235 g/mol. The molecule has 16 heavy (non-hydrogen) atoms. The second kappa shape index (κ2) is 4.49. The molecule has 0 spiro atoms. The van der Waals surface area contributed by atoms with Crippen molar-refractivity contribution in [3.8, 4) is 0 Å². The number of nitrogens with zero attached hydrogens (tertiary/aromatic N) is 2. The second-order valence-electron chi connectivity index (χ2n) is 3.56. The molecule has 0 saturated carbocycles. The lowest BCUT2D eigenvalue weighted by atomic mass is 10.1. The van der Waals surface area contributed by atoms with Crippen LogP contribution in [-0.4, -0.2) is 15.6 Å². The monoisotopic (exact) mass is 234 g/mol. The van der Waals surface area contributed by atoms with Gasteiger partial charge in [0.25, 0.3) is 0 Å². The van der Waals surface area contributed by atoms with Crippen LogP contribution in [0.5, 0.6) is 0 Å². The molecule has 0 aliphatic carbocycles. The first-order chi connectivity index (χ1) is 7.66. The van der Waals surface area contributed by atoms with Gasteiger partial charge >= 0.3 is 0 Å². The number of aromatic nitrogens is 2. The molecule has 0 saturated heterocycles. The maximum atomic E-state index is 11.9. The first-order valence-electron chi connectivity index (χ1n) is 4.93. The zero-order chi connectivity index (χ0) is 11.5. The summed E-state index contributed by atoms with van der Waals surface area (Å²) in [5.74, 6) is -0.00991. The molecule has 0 aliphatic rings. The van der Waals surface area contributed by atoms with Gasteiger partial charge in [0.15, 0.2) is 5.78 Å². The molecule has 0 unspecified atom stereocenters. The second-order valence-corrected chi connectivity index (χ2v) is 3.97. The summed E-state index contributed by atoms with van der Waals surface area (Å²) in [5.41, 5.74) is 1.31. The highest BCUT2D eigenvalue weighted by Gasteiger charge is 2.11. The molecule has 0 N–H and O–H groups in total. The Bertz CT molecular complexity index is 519. The standard InChI is InChI=1S/C12H11ClN2O/c1-15-7-6-9(14-15)8-12(16)10-4-2-3-5-11(10)13/h2-7H,8H2,1H3. The van der Waals surface area contributed by atoms with Crippen molar-refractivity contribution < 1.29 is 4.79 Å². The molecular weight excluding hydrogens is 224 g/mol. The van der Waals surface area contributed by atoms with Crippen molar-refractivity contribution >= 4 is 17.4 Å². The summed E-state index contributed by atoms with van der Waals surface area (Å²) < 4.78 is 1.68. The van der Waals surface area contributed by atoms with E-state index in [2.05, 4.69) is 5.10 Å². The van der Waals surface area contributed by atoms with Crippen molar-refractivity contribution in [1.29, 1.82) is 0 Å². The van der Waals surface area contributed by atoms with Gasteiger partial charge < -0.3 is 0 Å². The van der Waals surface area contributed by atoms with Gasteiger partial charge in [-0.15, -0.1) is 0 Å². The fourth-order valence-electron chi connectivity index (χ4n) is 1.50. The first-order valence-corrected chi connectivity index (χ1v) is 5.31. The number of halogens is 1. The van der Waals surface area contributed by atoms with E-state index in [1.54, 1.807) is 28.9 Å². The van der Waals surface area contributed by atoms with Crippen molar-refractivity contribution in [2.45, 2.75) is 6.42 Å². The van der Waals surface area contributed by atoms with Gasteiger partial charge in [-0.25, -0.2) is 0 Å². The van der Waals surface area contributed by atoms with E-state index in [-0.39, 0.29) is 12.2 Å². The smallest absolute Gasteiger partial charge is 0.170 e. The van der Waals surface area contributed by atoms with Crippen molar-refractivity contribution in [2.75, 3.05) is 0 Å². The Labute approximate surface area is 98.7 Å². The highest BCUT2D eigenvalue weighted by atomic mass is 35.5. The number of aryl methyl sites for hydroxylation is 1. The van der Waals surface area contributed by atoms with Crippen LogP contribution < -0.4 is 0 Å². The minimum absolute atomic E-state index is 0.00991. The number of rotatable bonds is 3. The van der Waals surface area contributed by atoms with E-state index in [9.17, 15) is 4.79 Å². The van der Waals surface area contributed by atoms with Crippen LogP contribution >= 0.6 is 11.6 Å². The zero-order valence-corrected chi connectivity index (χ0v) is 9.61. The van der Waals surface area contributed by atoms with Crippen molar-refractivity contribution in [3.05, 3.63) is 52.8 Å². The molecule has 0 bridgehead atoms. The Balaban J connectivity index is 2.18. The number of carbonyl (C=O) groups is 1. The third-order valence-corrected chi connectivity index (χ3v) is 2.61. The Morgan fingerprint density at radius 2 is 2.12 bits per heavy atom. The predicted molar refractivity (Wildman–Crippen MR) is 62.7 cm³/mol. The number of Topliss-reactive ketones (excluding diaryl/α,β-unsaturated/α-hetero) is 1. The summed E-state index contributed by atoms with van der Waals surface area (Å²) in [6, 6.07) is 8.88. The molecule has 82 valence electrons. The molecule has 0 fully saturated rings. The van der Waals surface area contributed by atoms with Gasteiger partial charge in [0.1, 0.15) is 0 Å². The van der Waals surface area contributed by atoms with Crippen LogP contribution in [0.3, 0.4) is 0 Å². The minimum Gasteiger partial charge on any atom is -0.294 e. The Morgan fingerprint density at radius 1 is 1.38 bits per heavy atom. The Morgan fingerprint density at radius 3 is 2.75 bits per heavy atom. The molecule has 1 aromatic heterocycles. The van der Waals surface area contributed by atoms with Gasteiger partial charge in [-0.1, -0.05) is 23.7 Å². The Kier molecular flexibility index (Phi) is 3.06. The quantitative estimate of drug-likeness (QED) is 0.765. The van der Waals surface area contributed by atoms with Gasteiger partial charge in [0.2, 0.25) is 0 Å². The van der Waals surface area contributed by atoms with Crippen molar-refractivity contribution in [2.24, 2.45) is 7.05 Å². The van der Waals surface area contributed by atoms with E-state index in [0.717, 1.165) is 5.69 Å². The van der Waals surface area contributed by atoms with Crippen molar-refractivity contribution in [1.82, 2.24) is 9.78 Å². The third kappa shape index (κ3) is 2.31. The number of ketones is 1. The van der Waals surface area contributed by atoms with E-state index in [1.165, 1.54) is 0 Å². The third-order valence-electron chi connectivity index (χ3n) is 2.28. The van der Waals surface area contributed by atoms with Gasteiger partial charge in [0, 0.05) is 18.8 Å². The lowest BCUT2D eigenvalue weighted by Crippen LogP contribution is -2.05. The fraction of sp³-hybridized carbons (Fsp3) is 0.167. The van der Waals surface area contributed by atoms with Crippen LogP contribution in [0.2, 0.25) is 5.02 Å². The first kappa shape index (κ1) is 10.9. The van der Waals surface area contributed by atoms with Crippen LogP contribution in [0.4, 0.5) is 0 Å². The SMILES string of the molecule is Cn1ccc(CC(=O)c2ccccc2Cl)n1. The summed E-state index contributed by atoms with van der Waals surface area (Å²) in [7, 11) is 1.82. The average Bonchev–Trinajstić information content (AvgIpc) is 2.64. The minimum atomic E-state index is -0.00991. The van der Waals surface area contributed by atoms with Gasteiger partial charge in [0.05, 0.1) is 17.1 Å². The predicted octanol–water partition coefficient (Wildman–Crippen LogP) is 2.50. The van der Waals surface area contributed by atoms with Crippen LogP contribution in [0, 0.1) is 0 Å². The molecule has 2 rings (SSSR count). The summed E-state index contributed by atoms with van der Waals surface area (Å²) in [6.07, 6.45) is 2.10. The molecule has 0 amide bonds. The molecule has 4 heteroatoms. The van der Waals surface area contributed by atoms with Crippen LogP contribution in [-0.2, 0) is 13.5 Å². The summed E-state index contributed by atoms with van der Waals surface area (Å²) in [5, 5.41) is 4.65. The largest absolute Gasteiger partial charge is 0.294 e. The van der Waals surface area contributed by atoms with Gasteiger partial charge in [-0.3, -0.25) is 9.48 Å². The maximum absolute atomic E-state index is 11.9. The molecule has 3 nitrogen and oxygen atoms in total. The van der Waals surface area contributed by atoms with E-state index < -0.39 is 0 Å². The summed E-state index contributed by atoms with van der Waals surface area (Å²) in [4.78, 5) is 11.9. The number of hydrogen-bond acceptors (Lipinski definition) is 2. The molecule has 1 aromatic carbocycles. The number of hydrogen-bond donors (Lipinski definition) is 0. The summed E-state index contributed by atoms with van der Waals surface area (Å²) in [6.45, 7) is 0. The normalized spacial score (nSPS) is 10.4. The van der Waals surface area contributed by atoms with Crippen LogP contribution in [0.15, 0.2) is 36.5 Å². The lowest BCUT2D eigenvalue weighted by Gasteiger charge is -2.01. The molecule has 0 radical (unpaired) electrons. The molecular formula is C12H11ClN2O. The highest BCUT2D eigenvalue weighted by molar-refractivity contribution is 6.34. The van der Waals surface area contributed by atoms with E-state index in [1.807, 2.05) is 19.3 Å². The maximum Gasteiger partial charge on any atom is 0.170 e. The van der Waals surface area contributed by atoms with Gasteiger partial charge in [-0.05, 0) is 18.2 Å². The molecule has 0 aliphatic heterocycles. The van der Waals surface area contributed by atoms with E-state index in [0.29, 0.717) is 10.6 Å². The number of benzene rings is 1. The van der Waals surface area contributed by atoms with E-state index >= 15 is 0 Å².